The largest absolute Gasteiger partial charge is 0.504 e. The van der Waals surface area contributed by atoms with E-state index < -0.39 is 0 Å². The number of nitrogens with one attached hydrogen (secondary N) is 1. The average molecular weight is 249 g/mol. The molecule has 2 aliphatic heterocycles. The molecule has 1 aromatic carbocycles. The van der Waals surface area contributed by atoms with Crippen molar-refractivity contribution in [1.29, 1.82) is 0 Å². The average Bonchev–Trinajstić information content (AvgIpc) is 2.66. The van der Waals surface area contributed by atoms with Crippen LogP contribution in [0.3, 0.4) is 0 Å². The maximum Gasteiger partial charge on any atom is 0.203 e. The number of benzene rings is 1. The van der Waals surface area contributed by atoms with Gasteiger partial charge in [0, 0.05) is 12.0 Å². The molecular weight excluding hydrogens is 230 g/mol. The Bertz CT molecular complexity index is 427. The van der Waals surface area contributed by atoms with E-state index in [4.69, 9.17) is 9.47 Å². The van der Waals surface area contributed by atoms with Crippen LogP contribution in [0.2, 0.25) is 0 Å². The minimum Gasteiger partial charge on any atom is -0.504 e. The van der Waals surface area contributed by atoms with Gasteiger partial charge in [0.15, 0.2) is 11.5 Å². The molecule has 18 heavy (non-hydrogen) atoms. The molecule has 0 aromatic heterocycles. The quantitative estimate of drug-likeness (QED) is 0.799. The van der Waals surface area contributed by atoms with E-state index in [9.17, 15) is 5.11 Å². The van der Waals surface area contributed by atoms with E-state index in [1.54, 1.807) is 0 Å². The van der Waals surface area contributed by atoms with Crippen molar-refractivity contribution in [1.82, 2.24) is 5.32 Å². The van der Waals surface area contributed by atoms with Gasteiger partial charge in [-0.05, 0) is 37.9 Å². The van der Waals surface area contributed by atoms with Crippen molar-refractivity contribution < 1.29 is 14.6 Å². The fourth-order valence-corrected chi connectivity index (χ4v) is 2.70. The Labute approximate surface area is 107 Å². The van der Waals surface area contributed by atoms with E-state index in [-0.39, 0.29) is 5.75 Å². The summed E-state index contributed by atoms with van der Waals surface area (Å²) in [7, 11) is 0. The lowest BCUT2D eigenvalue weighted by molar-refractivity contribution is 0.290. The molecule has 0 bridgehead atoms. The summed E-state index contributed by atoms with van der Waals surface area (Å²) in [6.45, 7) is 3.28. The van der Waals surface area contributed by atoms with Gasteiger partial charge in [-0.15, -0.1) is 0 Å². The Balaban J connectivity index is 1.93. The summed E-state index contributed by atoms with van der Waals surface area (Å²) >= 11 is 0. The third kappa shape index (κ3) is 2.12. The zero-order valence-electron chi connectivity index (χ0n) is 10.4. The van der Waals surface area contributed by atoms with Crippen LogP contribution in [0.25, 0.3) is 0 Å². The van der Waals surface area contributed by atoms with Crippen molar-refractivity contribution in [3.05, 3.63) is 17.7 Å². The second-order valence-electron chi connectivity index (χ2n) is 4.91. The maximum atomic E-state index is 10.4. The van der Waals surface area contributed by atoms with E-state index in [1.165, 1.54) is 0 Å². The Morgan fingerprint density at radius 1 is 1.11 bits per heavy atom. The van der Waals surface area contributed by atoms with E-state index in [0.717, 1.165) is 37.9 Å². The van der Waals surface area contributed by atoms with Crippen LogP contribution in [0.1, 0.15) is 30.7 Å². The van der Waals surface area contributed by atoms with Crippen molar-refractivity contribution in [2.45, 2.75) is 25.2 Å². The number of ether oxygens (including phenoxy) is 2. The number of fused-ring (bicyclic) bond motifs is 1. The minimum atomic E-state index is 0.279. The summed E-state index contributed by atoms with van der Waals surface area (Å²) in [6, 6.07) is 3.91. The van der Waals surface area contributed by atoms with Crippen molar-refractivity contribution in [3.63, 3.8) is 0 Å². The smallest absolute Gasteiger partial charge is 0.203 e. The van der Waals surface area contributed by atoms with Gasteiger partial charge in [0.05, 0.1) is 13.2 Å². The first kappa shape index (κ1) is 11.7. The highest BCUT2D eigenvalue weighted by Crippen LogP contribution is 2.44. The number of piperidine rings is 1. The van der Waals surface area contributed by atoms with Crippen LogP contribution in [0, 0.1) is 0 Å². The molecule has 2 N–H and O–H groups in total. The Morgan fingerprint density at radius 2 is 1.89 bits per heavy atom. The van der Waals surface area contributed by atoms with Gasteiger partial charge in [-0.1, -0.05) is 6.07 Å². The van der Waals surface area contributed by atoms with Gasteiger partial charge in [-0.3, -0.25) is 0 Å². The lowest BCUT2D eigenvalue weighted by Crippen LogP contribution is -2.26. The molecule has 0 radical (unpaired) electrons. The van der Waals surface area contributed by atoms with E-state index in [1.807, 2.05) is 12.1 Å². The van der Waals surface area contributed by atoms with Crippen LogP contribution in [-0.4, -0.2) is 31.4 Å². The highest BCUT2D eigenvalue weighted by atomic mass is 16.5. The lowest BCUT2D eigenvalue weighted by Gasteiger charge is -2.24. The van der Waals surface area contributed by atoms with E-state index >= 15 is 0 Å². The summed E-state index contributed by atoms with van der Waals surface area (Å²) in [5.74, 6) is 1.90. The van der Waals surface area contributed by atoms with Gasteiger partial charge in [0.1, 0.15) is 0 Å². The molecule has 0 saturated carbocycles. The maximum absolute atomic E-state index is 10.4. The summed E-state index contributed by atoms with van der Waals surface area (Å²) < 4.78 is 11.2. The molecule has 1 saturated heterocycles. The molecule has 0 spiro atoms. The van der Waals surface area contributed by atoms with Crippen LogP contribution in [-0.2, 0) is 0 Å². The zero-order chi connectivity index (χ0) is 12.4. The third-order valence-corrected chi connectivity index (χ3v) is 3.70. The molecular formula is C14H19NO3. The molecule has 4 heteroatoms. The number of rotatable bonds is 1. The van der Waals surface area contributed by atoms with Gasteiger partial charge < -0.3 is 19.9 Å². The molecule has 3 rings (SSSR count). The van der Waals surface area contributed by atoms with E-state index in [0.29, 0.717) is 30.6 Å². The topological polar surface area (TPSA) is 50.7 Å². The van der Waals surface area contributed by atoms with Crippen LogP contribution in [0.5, 0.6) is 17.2 Å². The second kappa shape index (κ2) is 5.06. The third-order valence-electron chi connectivity index (χ3n) is 3.70. The van der Waals surface area contributed by atoms with Crippen LogP contribution >= 0.6 is 0 Å². The first-order chi connectivity index (χ1) is 8.86. The van der Waals surface area contributed by atoms with Gasteiger partial charge >= 0.3 is 0 Å². The van der Waals surface area contributed by atoms with Gasteiger partial charge in [0.25, 0.3) is 0 Å². The van der Waals surface area contributed by atoms with Crippen molar-refractivity contribution in [2.24, 2.45) is 0 Å². The molecule has 0 aliphatic carbocycles. The monoisotopic (exact) mass is 249 g/mol. The van der Waals surface area contributed by atoms with Crippen LogP contribution in [0.15, 0.2) is 12.1 Å². The normalized spacial score (nSPS) is 20.4. The van der Waals surface area contributed by atoms with Crippen molar-refractivity contribution in [2.75, 3.05) is 26.3 Å². The van der Waals surface area contributed by atoms with Crippen molar-refractivity contribution >= 4 is 0 Å². The SMILES string of the molecule is Oc1c(C2CCNCC2)ccc2c1OCCCO2. The molecule has 98 valence electrons. The molecule has 2 aliphatic rings. The fourth-order valence-electron chi connectivity index (χ4n) is 2.70. The van der Waals surface area contributed by atoms with Crippen LogP contribution < -0.4 is 14.8 Å². The fraction of sp³-hybridized carbons (Fsp3) is 0.571. The Kier molecular flexibility index (Phi) is 3.28. The summed E-state index contributed by atoms with van der Waals surface area (Å²) in [5, 5.41) is 13.7. The predicted octanol–water partition coefficient (Wildman–Crippen LogP) is 2.02. The summed E-state index contributed by atoms with van der Waals surface area (Å²) in [6.07, 6.45) is 2.98. The second-order valence-corrected chi connectivity index (χ2v) is 4.91. The number of hydrogen-bond acceptors (Lipinski definition) is 4. The molecule has 0 atom stereocenters. The first-order valence-electron chi connectivity index (χ1n) is 6.68. The number of phenolic OH excluding ortho intramolecular Hbond substituents is 1. The number of phenols is 1. The Hall–Kier alpha value is -1.42. The zero-order valence-corrected chi connectivity index (χ0v) is 10.4. The predicted molar refractivity (Wildman–Crippen MR) is 68.6 cm³/mol. The number of aromatic hydroxyl groups is 1. The molecule has 0 unspecified atom stereocenters. The van der Waals surface area contributed by atoms with Gasteiger partial charge in [-0.2, -0.15) is 0 Å². The highest BCUT2D eigenvalue weighted by Gasteiger charge is 2.23. The first-order valence-corrected chi connectivity index (χ1v) is 6.68. The number of hydrogen-bond donors (Lipinski definition) is 2. The Morgan fingerprint density at radius 3 is 2.72 bits per heavy atom. The molecule has 4 nitrogen and oxygen atoms in total. The standard InChI is InChI=1S/C14H19NO3/c16-13-11(10-4-6-15-7-5-10)2-3-12-14(13)18-9-1-8-17-12/h2-3,10,15-16H,1,4-9H2. The van der Waals surface area contributed by atoms with Gasteiger partial charge in [-0.25, -0.2) is 0 Å². The summed E-state index contributed by atoms with van der Waals surface area (Å²) in [5.41, 5.74) is 1.00. The molecule has 0 amide bonds. The molecule has 1 fully saturated rings. The van der Waals surface area contributed by atoms with Gasteiger partial charge in [0.2, 0.25) is 5.75 Å². The van der Waals surface area contributed by atoms with Crippen molar-refractivity contribution in [3.8, 4) is 17.2 Å². The summed E-state index contributed by atoms with van der Waals surface area (Å²) in [4.78, 5) is 0. The van der Waals surface area contributed by atoms with E-state index in [2.05, 4.69) is 5.32 Å². The molecule has 1 aromatic rings. The highest BCUT2D eigenvalue weighted by molar-refractivity contribution is 5.56. The lowest BCUT2D eigenvalue weighted by atomic mass is 9.89. The molecule has 2 heterocycles. The van der Waals surface area contributed by atoms with Crippen LogP contribution in [0.4, 0.5) is 0 Å². The minimum absolute atomic E-state index is 0.279.